The number of rotatable bonds is 4. The van der Waals surface area contributed by atoms with Crippen molar-refractivity contribution < 1.29 is 14.6 Å². The van der Waals surface area contributed by atoms with Crippen LogP contribution in [0, 0.1) is 13.8 Å². The minimum atomic E-state index is -0.774. The first-order valence-corrected chi connectivity index (χ1v) is 6.39. The molecule has 0 aliphatic heterocycles. The van der Waals surface area contributed by atoms with E-state index in [0.717, 1.165) is 17.0 Å². The van der Waals surface area contributed by atoms with Gasteiger partial charge in [0, 0.05) is 29.9 Å². The Labute approximate surface area is 118 Å². The zero-order valence-electron chi connectivity index (χ0n) is 12.5. The van der Waals surface area contributed by atoms with Crippen LogP contribution in [0.15, 0.2) is 18.2 Å². The summed E-state index contributed by atoms with van der Waals surface area (Å²) < 4.78 is 12.3. The minimum absolute atomic E-state index is 0.597. The third kappa shape index (κ3) is 2.36. The normalized spacial score (nSPS) is 12.3. The molecule has 5 nitrogen and oxygen atoms in total. The first-order valence-electron chi connectivity index (χ1n) is 6.39. The molecular formula is C15H20N2O3. The number of methoxy groups -OCH3 is 2. The first-order chi connectivity index (χ1) is 9.49. The number of benzene rings is 1. The topological polar surface area (TPSA) is 56.5 Å². The number of ether oxygens (including phenoxy) is 2. The Hall–Kier alpha value is -2.01. The predicted molar refractivity (Wildman–Crippen MR) is 76.3 cm³/mol. The van der Waals surface area contributed by atoms with Gasteiger partial charge in [0.1, 0.15) is 17.6 Å². The molecule has 0 fully saturated rings. The number of aliphatic hydroxyl groups excluding tert-OH is 1. The van der Waals surface area contributed by atoms with Crippen LogP contribution in [-0.2, 0) is 7.05 Å². The van der Waals surface area contributed by atoms with Crippen LogP contribution in [0.3, 0.4) is 0 Å². The van der Waals surface area contributed by atoms with Gasteiger partial charge in [0.15, 0.2) is 0 Å². The van der Waals surface area contributed by atoms with Crippen molar-refractivity contribution in [2.24, 2.45) is 7.05 Å². The molecule has 5 heteroatoms. The molecule has 1 N–H and O–H groups in total. The average Bonchev–Trinajstić information content (AvgIpc) is 2.70. The summed E-state index contributed by atoms with van der Waals surface area (Å²) in [7, 11) is 5.04. The molecule has 0 aliphatic carbocycles. The molecule has 1 aromatic carbocycles. The summed E-state index contributed by atoms with van der Waals surface area (Å²) in [4.78, 5) is 0. The lowest BCUT2D eigenvalue weighted by molar-refractivity contribution is 0.213. The van der Waals surface area contributed by atoms with Crippen molar-refractivity contribution in [3.63, 3.8) is 0 Å². The largest absolute Gasteiger partial charge is 0.497 e. The molecule has 1 heterocycles. The van der Waals surface area contributed by atoms with E-state index in [-0.39, 0.29) is 0 Å². The highest BCUT2D eigenvalue weighted by molar-refractivity contribution is 5.46. The second kappa shape index (κ2) is 5.54. The average molecular weight is 276 g/mol. The molecule has 2 aromatic rings. The van der Waals surface area contributed by atoms with Gasteiger partial charge in [-0.1, -0.05) is 0 Å². The van der Waals surface area contributed by atoms with Crippen LogP contribution in [0.25, 0.3) is 0 Å². The monoisotopic (exact) mass is 276 g/mol. The summed E-state index contributed by atoms with van der Waals surface area (Å²) in [6.45, 7) is 3.83. The highest BCUT2D eigenvalue weighted by atomic mass is 16.5. The maximum atomic E-state index is 10.7. The van der Waals surface area contributed by atoms with Crippen LogP contribution < -0.4 is 9.47 Å². The molecular weight excluding hydrogens is 256 g/mol. The van der Waals surface area contributed by atoms with Gasteiger partial charge in [-0.2, -0.15) is 5.10 Å². The Morgan fingerprint density at radius 3 is 2.40 bits per heavy atom. The van der Waals surface area contributed by atoms with Crippen molar-refractivity contribution in [2.45, 2.75) is 20.0 Å². The van der Waals surface area contributed by atoms with Gasteiger partial charge in [0.2, 0.25) is 0 Å². The minimum Gasteiger partial charge on any atom is -0.497 e. The van der Waals surface area contributed by atoms with Crippen molar-refractivity contribution in [1.82, 2.24) is 9.78 Å². The molecule has 0 bridgehead atoms. The third-order valence-electron chi connectivity index (χ3n) is 3.57. The summed E-state index contributed by atoms with van der Waals surface area (Å²) in [5.41, 5.74) is 3.27. The Balaban J connectivity index is 2.50. The van der Waals surface area contributed by atoms with E-state index in [9.17, 15) is 5.11 Å². The van der Waals surface area contributed by atoms with Gasteiger partial charge in [-0.3, -0.25) is 4.68 Å². The van der Waals surface area contributed by atoms with E-state index >= 15 is 0 Å². The highest BCUT2D eigenvalue weighted by Crippen LogP contribution is 2.35. The zero-order valence-corrected chi connectivity index (χ0v) is 12.5. The van der Waals surface area contributed by atoms with E-state index in [1.54, 1.807) is 25.0 Å². The van der Waals surface area contributed by atoms with Gasteiger partial charge in [-0.05, 0) is 26.0 Å². The summed E-state index contributed by atoms with van der Waals surface area (Å²) >= 11 is 0. The zero-order chi connectivity index (χ0) is 14.9. The van der Waals surface area contributed by atoms with Gasteiger partial charge in [-0.15, -0.1) is 0 Å². The number of aromatic nitrogens is 2. The number of nitrogens with zero attached hydrogens (tertiary/aromatic N) is 2. The Morgan fingerprint density at radius 2 is 1.90 bits per heavy atom. The second-order valence-electron chi connectivity index (χ2n) is 4.72. The lowest BCUT2D eigenvalue weighted by atomic mass is 9.99. The Kier molecular flexibility index (Phi) is 3.99. The Bertz CT molecular complexity index is 620. The standard InChI is InChI=1S/C15H20N2O3/c1-9-14(10(2)17(3)16-9)15(18)12-7-6-11(19-4)8-13(12)20-5/h6-8,15,18H,1-5H3. The third-order valence-corrected chi connectivity index (χ3v) is 3.57. The molecule has 1 aromatic heterocycles. The predicted octanol–water partition coefficient (Wildman–Crippen LogP) is 2.14. The molecule has 20 heavy (non-hydrogen) atoms. The summed E-state index contributed by atoms with van der Waals surface area (Å²) in [5, 5.41) is 15.0. The molecule has 0 amide bonds. The van der Waals surface area contributed by atoms with Crippen LogP contribution in [0.1, 0.15) is 28.6 Å². The maximum absolute atomic E-state index is 10.7. The highest BCUT2D eigenvalue weighted by Gasteiger charge is 2.22. The smallest absolute Gasteiger partial charge is 0.128 e. The van der Waals surface area contributed by atoms with E-state index in [4.69, 9.17) is 9.47 Å². The maximum Gasteiger partial charge on any atom is 0.128 e. The number of aryl methyl sites for hydroxylation is 2. The molecule has 0 saturated heterocycles. The van der Waals surface area contributed by atoms with E-state index in [0.29, 0.717) is 17.1 Å². The van der Waals surface area contributed by atoms with E-state index in [2.05, 4.69) is 5.10 Å². The molecule has 1 unspecified atom stereocenters. The fraction of sp³-hybridized carbons (Fsp3) is 0.400. The van der Waals surface area contributed by atoms with Crippen LogP contribution in [0.2, 0.25) is 0 Å². The lowest BCUT2D eigenvalue weighted by Crippen LogP contribution is -2.05. The van der Waals surface area contributed by atoms with Crippen LogP contribution in [0.5, 0.6) is 11.5 Å². The first kappa shape index (κ1) is 14.4. The van der Waals surface area contributed by atoms with Gasteiger partial charge >= 0.3 is 0 Å². The van der Waals surface area contributed by atoms with E-state index in [1.165, 1.54) is 0 Å². The van der Waals surface area contributed by atoms with Crippen LogP contribution in [0.4, 0.5) is 0 Å². The molecule has 2 rings (SSSR count). The van der Waals surface area contributed by atoms with Crippen LogP contribution in [-0.4, -0.2) is 29.1 Å². The van der Waals surface area contributed by atoms with Crippen molar-refractivity contribution in [2.75, 3.05) is 14.2 Å². The van der Waals surface area contributed by atoms with Crippen molar-refractivity contribution in [3.05, 3.63) is 40.7 Å². The Morgan fingerprint density at radius 1 is 1.20 bits per heavy atom. The molecule has 0 spiro atoms. The fourth-order valence-corrected chi connectivity index (χ4v) is 2.39. The fourth-order valence-electron chi connectivity index (χ4n) is 2.39. The number of hydrogen-bond acceptors (Lipinski definition) is 4. The van der Waals surface area contributed by atoms with Crippen molar-refractivity contribution in [1.29, 1.82) is 0 Å². The molecule has 0 saturated carbocycles. The van der Waals surface area contributed by atoms with Gasteiger partial charge < -0.3 is 14.6 Å². The molecule has 0 radical (unpaired) electrons. The van der Waals surface area contributed by atoms with Gasteiger partial charge in [0.25, 0.3) is 0 Å². The summed E-state index contributed by atoms with van der Waals surface area (Å²) in [6, 6.07) is 5.38. The van der Waals surface area contributed by atoms with E-state index in [1.807, 2.05) is 33.0 Å². The van der Waals surface area contributed by atoms with Crippen molar-refractivity contribution >= 4 is 0 Å². The summed E-state index contributed by atoms with van der Waals surface area (Å²) in [5.74, 6) is 1.29. The van der Waals surface area contributed by atoms with E-state index < -0.39 is 6.10 Å². The number of aliphatic hydroxyl groups is 1. The second-order valence-corrected chi connectivity index (χ2v) is 4.72. The molecule has 1 atom stereocenters. The van der Waals surface area contributed by atoms with Crippen molar-refractivity contribution in [3.8, 4) is 11.5 Å². The number of hydrogen-bond donors (Lipinski definition) is 1. The quantitative estimate of drug-likeness (QED) is 0.929. The van der Waals surface area contributed by atoms with Gasteiger partial charge in [-0.25, -0.2) is 0 Å². The molecule has 108 valence electrons. The van der Waals surface area contributed by atoms with Gasteiger partial charge in [0.05, 0.1) is 19.9 Å². The summed E-state index contributed by atoms with van der Waals surface area (Å²) in [6.07, 6.45) is -0.774. The SMILES string of the molecule is COc1ccc(C(O)c2c(C)nn(C)c2C)c(OC)c1. The lowest BCUT2D eigenvalue weighted by Gasteiger charge is -2.16. The van der Waals surface area contributed by atoms with Crippen LogP contribution >= 0.6 is 0 Å². The molecule has 0 aliphatic rings.